The number of rotatable bonds is 8. The molecular weight excluding hydrogens is 336 g/mol. The Morgan fingerprint density at radius 3 is 2.56 bits per heavy atom. The lowest BCUT2D eigenvalue weighted by atomic mass is 9.91. The Labute approximate surface area is 163 Å². The molecule has 0 amide bonds. The summed E-state index contributed by atoms with van der Waals surface area (Å²) in [6.07, 6.45) is 3.49. The van der Waals surface area contributed by atoms with Gasteiger partial charge in [-0.1, -0.05) is 25.5 Å². The van der Waals surface area contributed by atoms with Gasteiger partial charge in [0.2, 0.25) is 0 Å². The van der Waals surface area contributed by atoms with E-state index in [1.165, 1.54) is 0 Å². The summed E-state index contributed by atoms with van der Waals surface area (Å²) < 4.78 is 6.13. The summed E-state index contributed by atoms with van der Waals surface area (Å²) in [4.78, 5) is 6.60. The average molecular weight is 369 g/mol. The lowest BCUT2D eigenvalue weighted by Crippen LogP contribution is -2.20. The number of ether oxygens (including phenoxy) is 1. The van der Waals surface area contributed by atoms with Crippen molar-refractivity contribution in [2.45, 2.75) is 53.1 Å². The van der Waals surface area contributed by atoms with Crippen molar-refractivity contribution in [3.8, 4) is 11.5 Å². The van der Waals surface area contributed by atoms with E-state index in [2.05, 4.69) is 18.8 Å². The van der Waals surface area contributed by atoms with Gasteiger partial charge in [0, 0.05) is 13.6 Å². The largest absolute Gasteiger partial charge is 0.457 e. The van der Waals surface area contributed by atoms with Crippen molar-refractivity contribution in [1.82, 2.24) is 4.90 Å². The zero-order valence-electron chi connectivity index (χ0n) is 17.4. The molecule has 0 saturated carbocycles. The first-order valence-corrected chi connectivity index (χ1v) is 9.63. The summed E-state index contributed by atoms with van der Waals surface area (Å²) >= 11 is 0. The fourth-order valence-corrected chi connectivity index (χ4v) is 2.92. The smallest absolute Gasteiger partial charge is 0.130 e. The Kier molecular flexibility index (Phi) is 7.03. The highest BCUT2D eigenvalue weighted by Crippen LogP contribution is 2.34. The van der Waals surface area contributed by atoms with E-state index in [-0.39, 0.29) is 0 Å². The molecular formula is C23H32N2O2. The molecule has 27 heavy (non-hydrogen) atoms. The second kappa shape index (κ2) is 9.05. The zero-order chi connectivity index (χ0) is 20.0. The van der Waals surface area contributed by atoms with Crippen LogP contribution in [0.25, 0.3) is 0 Å². The van der Waals surface area contributed by atoms with E-state index in [0.29, 0.717) is 6.42 Å². The van der Waals surface area contributed by atoms with Crippen LogP contribution in [0.4, 0.5) is 5.69 Å². The third-order valence-corrected chi connectivity index (χ3v) is 4.81. The lowest BCUT2D eigenvalue weighted by molar-refractivity contribution is 0.0468. The molecule has 0 aromatic heterocycles. The third-order valence-electron chi connectivity index (χ3n) is 4.81. The summed E-state index contributed by atoms with van der Waals surface area (Å²) in [6, 6.07) is 11.8. The highest BCUT2D eigenvalue weighted by molar-refractivity contribution is 5.64. The van der Waals surface area contributed by atoms with Gasteiger partial charge in [0.15, 0.2) is 0 Å². The first-order valence-electron chi connectivity index (χ1n) is 9.63. The number of hydrogen-bond acceptors (Lipinski definition) is 3. The molecule has 0 radical (unpaired) electrons. The maximum Gasteiger partial charge on any atom is 0.130 e. The first kappa shape index (κ1) is 21.0. The quantitative estimate of drug-likeness (QED) is 0.479. The summed E-state index contributed by atoms with van der Waals surface area (Å²) in [5, 5.41) is 10.7. The molecule has 1 atom stereocenters. The van der Waals surface area contributed by atoms with Crippen molar-refractivity contribution in [1.29, 1.82) is 0 Å². The molecule has 2 aromatic rings. The average Bonchev–Trinajstić information content (AvgIpc) is 2.63. The second-order valence-corrected chi connectivity index (χ2v) is 7.38. The standard InChI is InChI=1S/C23H32N2O2/c1-7-12-23(5,26)19-10-9-11-20(15-19)27-22-14-17(3)21(13-18(22)4)24-16-25(6)8-2/h9-11,13-16,26H,7-8,12H2,1-6H3/b24-16+. The van der Waals surface area contributed by atoms with Crippen LogP contribution in [0, 0.1) is 13.8 Å². The molecule has 0 aliphatic heterocycles. The SMILES string of the molecule is CCCC(C)(O)c1cccc(Oc2cc(C)c(/N=C/N(C)CC)cc2C)c1. The summed E-state index contributed by atoms with van der Waals surface area (Å²) in [7, 11) is 2.00. The number of hydrogen-bond donors (Lipinski definition) is 1. The van der Waals surface area contributed by atoms with Gasteiger partial charge < -0.3 is 14.7 Å². The molecule has 1 unspecified atom stereocenters. The van der Waals surface area contributed by atoms with Gasteiger partial charge in [-0.15, -0.1) is 0 Å². The highest BCUT2D eigenvalue weighted by atomic mass is 16.5. The van der Waals surface area contributed by atoms with Gasteiger partial charge in [-0.2, -0.15) is 0 Å². The zero-order valence-corrected chi connectivity index (χ0v) is 17.4. The van der Waals surface area contributed by atoms with Gasteiger partial charge in [-0.3, -0.25) is 0 Å². The van der Waals surface area contributed by atoms with Crippen LogP contribution in [0.5, 0.6) is 11.5 Å². The Bertz CT molecular complexity index is 797. The van der Waals surface area contributed by atoms with E-state index in [4.69, 9.17) is 4.74 Å². The van der Waals surface area contributed by atoms with Crippen LogP contribution in [0.15, 0.2) is 41.4 Å². The number of benzene rings is 2. The predicted octanol–water partition coefficient (Wildman–Crippen LogP) is 5.71. The highest BCUT2D eigenvalue weighted by Gasteiger charge is 2.22. The second-order valence-electron chi connectivity index (χ2n) is 7.38. The van der Waals surface area contributed by atoms with Gasteiger partial charge in [0.1, 0.15) is 11.5 Å². The maximum absolute atomic E-state index is 10.7. The van der Waals surface area contributed by atoms with E-state index < -0.39 is 5.60 Å². The Morgan fingerprint density at radius 2 is 1.89 bits per heavy atom. The number of nitrogens with zero attached hydrogens (tertiary/aromatic N) is 2. The van der Waals surface area contributed by atoms with Crippen LogP contribution < -0.4 is 4.74 Å². The van der Waals surface area contributed by atoms with E-state index in [1.807, 2.05) is 75.5 Å². The Balaban J connectivity index is 2.25. The Hall–Kier alpha value is -2.33. The topological polar surface area (TPSA) is 45.1 Å². The maximum atomic E-state index is 10.7. The van der Waals surface area contributed by atoms with Crippen LogP contribution in [-0.4, -0.2) is 29.9 Å². The molecule has 0 aliphatic carbocycles. The molecule has 4 heteroatoms. The summed E-state index contributed by atoms with van der Waals surface area (Å²) in [5.74, 6) is 1.54. The van der Waals surface area contributed by atoms with Gasteiger partial charge in [0.25, 0.3) is 0 Å². The van der Waals surface area contributed by atoms with Crippen molar-refractivity contribution in [2.24, 2.45) is 4.99 Å². The minimum Gasteiger partial charge on any atom is -0.457 e. The van der Waals surface area contributed by atoms with E-state index in [1.54, 1.807) is 0 Å². The molecule has 1 N–H and O–H groups in total. The molecule has 4 nitrogen and oxygen atoms in total. The molecule has 0 bridgehead atoms. The molecule has 0 saturated heterocycles. The van der Waals surface area contributed by atoms with Gasteiger partial charge in [-0.25, -0.2) is 4.99 Å². The summed E-state index contributed by atoms with van der Waals surface area (Å²) in [6.45, 7) is 11.0. The first-order chi connectivity index (χ1) is 12.8. The summed E-state index contributed by atoms with van der Waals surface area (Å²) in [5.41, 5.74) is 3.06. The van der Waals surface area contributed by atoms with Gasteiger partial charge in [-0.05, 0) is 75.1 Å². The lowest BCUT2D eigenvalue weighted by Gasteiger charge is -2.24. The van der Waals surface area contributed by atoms with Crippen molar-refractivity contribution >= 4 is 12.0 Å². The number of aliphatic imine (C=N–C) groups is 1. The number of aryl methyl sites for hydroxylation is 2. The fourth-order valence-electron chi connectivity index (χ4n) is 2.92. The Morgan fingerprint density at radius 1 is 1.15 bits per heavy atom. The van der Waals surface area contributed by atoms with Crippen LogP contribution in [0.1, 0.15) is 50.3 Å². The van der Waals surface area contributed by atoms with Crippen LogP contribution in [0.2, 0.25) is 0 Å². The molecule has 146 valence electrons. The molecule has 0 heterocycles. The van der Waals surface area contributed by atoms with Crippen LogP contribution >= 0.6 is 0 Å². The molecule has 2 rings (SSSR count). The van der Waals surface area contributed by atoms with Gasteiger partial charge >= 0.3 is 0 Å². The fraction of sp³-hybridized carbons (Fsp3) is 0.435. The molecule has 0 spiro atoms. The van der Waals surface area contributed by atoms with Crippen molar-refractivity contribution in [2.75, 3.05) is 13.6 Å². The monoisotopic (exact) mass is 368 g/mol. The van der Waals surface area contributed by atoms with Crippen molar-refractivity contribution in [3.05, 3.63) is 53.1 Å². The molecule has 2 aromatic carbocycles. The van der Waals surface area contributed by atoms with E-state index in [0.717, 1.165) is 46.8 Å². The minimum atomic E-state index is -0.844. The van der Waals surface area contributed by atoms with E-state index >= 15 is 0 Å². The van der Waals surface area contributed by atoms with Crippen LogP contribution in [-0.2, 0) is 5.60 Å². The number of aliphatic hydroxyl groups is 1. The molecule has 0 fully saturated rings. The van der Waals surface area contributed by atoms with E-state index in [9.17, 15) is 5.11 Å². The molecule has 0 aliphatic rings. The van der Waals surface area contributed by atoms with Crippen molar-refractivity contribution in [3.63, 3.8) is 0 Å². The van der Waals surface area contributed by atoms with Gasteiger partial charge in [0.05, 0.1) is 17.6 Å². The van der Waals surface area contributed by atoms with Crippen molar-refractivity contribution < 1.29 is 9.84 Å². The predicted molar refractivity (Wildman–Crippen MR) is 113 cm³/mol. The third kappa shape index (κ3) is 5.57. The normalized spacial score (nSPS) is 13.6. The van der Waals surface area contributed by atoms with Crippen LogP contribution in [0.3, 0.4) is 0 Å². The minimum absolute atomic E-state index is 0.716.